The largest absolute Gasteiger partial charge is 0.493 e. The molecule has 0 bridgehead atoms. The molecule has 3 aromatic rings. The monoisotopic (exact) mass is 545 g/mol. The lowest BCUT2D eigenvalue weighted by Crippen LogP contribution is -2.23. The fourth-order valence-electron chi connectivity index (χ4n) is 4.18. The van der Waals surface area contributed by atoms with E-state index in [2.05, 4.69) is 24.3 Å². The standard InChI is InChI=1S/C27H32ClN3O5S/c1-17(2)14-35-22-7-5-20(6-8-22)24-13-25(31(30-24)21-9-10-37(33,34)16-21)29-26(32)15-36-23-11-18(3)27(28)19(4)12-23/h5-8,11-13,17,21H,9-10,14-16H2,1-4H3,(H,29,32)/t21-/m1/s1. The number of sulfone groups is 1. The van der Waals surface area contributed by atoms with Crippen LogP contribution in [0, 0.1) is 19.8 Å². The van der Waals surface area contributed by atoms with Crippen molar-refractivity contribution in [3.63, 3.8) is 0 Å². The number of amides is 1. The highest BCUT2D eigenvalue weighted by Crippen LogP contribution is 2.31. The number of hydrogen-bond donors (Lipinski definition) is 1. The summed E-state index contributed by atoms with van der Waals surface area (Å²) in [7, 11) is -3.15. The molecule has 1 atom stereocenters. The van der Waals surface area contributed by atoms with Crippen molar-refractivity contribution in [2.75, 3.05) is 30.0 Å². The van der Waals surface area contributed by atoms with Crippen LogP contribution in [0.15, 0.2) is 42.5 Å². The van der Waals surface area contributed by atoms with Gasteiger partial charge in [0.1, 0.15) is 17.3 Å². The van der Waals surface area contributed by atoms with Crippen molar-refractivity contribution in [2.45, 2.75) is 40.2 Å². The summed E-state index contributed by atoms with van der Waals surface area (Å²) in [6.45, 7) is 8.33. The minimum atomic E-state index is -3.15. The molecule has 1 fully saturated rings. The highest BCUT2D eigenvalue weighted by atomic mass is 35.5. The van der Waals surface area contributed by atoms with E-state index in [0.29, 0.717) is 41.2 Å². The molecule has 0 radical (unpaired) electrons. The average molecular weight is 546 g/mol. The van der Waals surface area contributed by atoms with E-state index in [1.165, 1.54) is 0 Å². The van der Waals surface area contributed by atoms with Crippen LogP contribution in [0.1, 0.15) is 37.4 Å². The normalized spacial score (nSPS) is 16.6. The van der Waals surface area contributed by atoms with E-state index in [1.54, 1.807) is 22.9 Å². The molecule has 0 aliphatic carbocycles. The van der Waals surface area contributed by atoms with E-state index >= 15 is 0 Å². The maximum absolute atomic E-state index is 12.8. The molecule has 2 heterocycles. The van der Waals surface area contributed by atoms with Crippen LogP contribution in [0.2, 0.25) is 5.02 Å². The van der Waals surface area contributed by atoms with Gasteiger partial charge in [-0.1, -0.05) is 25.4 Å². The Bertz CT molecular complexity index is 1360. The molecule has 1 amide bonds. The molecule has 2 aromatic carbocycles. The van der Waals surface area contributed by atoms with E-state index in [4.69, 9.17) is 21.1 Å². The summed E-state index contributed by atoms with van der Waals surface area (Å²) in [6.07, 6.45) is 0.439. The quantitative estimate of drug-likeness (QED) is 0.395. The van der Waals surface area contributed by atoms with Crippen LogP contribution in [0.25, 0.3) is 11.3 Å². The molecular weight excluding hydrogens is 514 g/mol. The molecule has 198 valence electrons. The summed E-state index contributed by atoms with van der Waals surface area (Å²) in [6, 6.07) is 12.5. The van der Waals surface area contributed by atoms with Gasteiger partial charge in [-0.2, -0.15) is 5.10 Å². The van der Waals surface area contributed by atoms with Crippen LogP contribution < -0.4 is 14.8 Å². The summed E-state index contributed by atoms with van der Waals surface area (Å²) in [4.78, 5) is 12.8. The topological polar surface area (TPSA) is 99.5 Å². The third-order valence-electron chi connectivity index (χ3n) is 6.07. The van der Waals surface area contributed by atoms with Crippen molar-refractivity contribution in [3.8, 4) is 22.8 Å². The summed E-state index contributed by atoms with van der Waals surface area (Å²) < 4.78 is 37.3. The fraction of sp³-hybridized carbons (Fsp3) is 0.407. The maximum atomic E-state index is 12.8. The molecule has 1 aliphatic heterocycles. The molecule has 0 unspecified atom stereocenters. The number of ether oxygens (including phenoxy) is 2. The number of carbonyl (C=O) groups excluding carboxylic acids is 1. The van der Waals surface area contributed by atoms with Crippen molar-refractivity contribution in [2.24, 2.45) is 5.92 Å². The van der Waals surface area contributed by atoms with Crippen molar-refractivity contribution in [3.05, 3.63) is 58.6 Å². The lowest BCUT2D eigenvalue weighted by Gasteiger charge is -2.14. The predicted octanol–water partition coefficient (Wildman–Crippen LogP) is 5.23. The van der Waals surface area contributed by atoms with Gasteiger partial charge in [0.25, 0.3) is 5.91 Å². The van der Waals surface area contributed by atoms with Crippen LogP contribution in [-0.4, -0.2) is 48.8 Å². The van der Waals surface area contributed by atoms with E-state index in [1.807, 2.05) is 38.1 Å². The van der Waals surface area contributed by atoms with Gasteiger partial charge in [0.2, 0.25) is 0 Å². The number of hydrogen-bond acceptors (Lipinski definition) is 6. The van der Waals surface area contributed by atoms with Crippen LogP contribution in [0.5, 0.6) is 11.5 Å². The summed E-state index contributed by atoms with van der Waals surface area (Å²) in [5.41, 5.74) is 3.18. The average Bonchev–Trinajstić information content (AvgIpc) is 3.42. The van der Waals surface area contributed by atoms with Crippen molar-refractivity contribution in [1.29, 1.82) is 0 Å². The molecule has 4 rings (SSSR count). The van der Waals surface area contributed by atoms with Crippen LogP contribution >= 0.6 is 11.6 Å². The Hall–Kier alpha value is -3.04. The summed E-state index contributed by atoms with van der Waals surface area (Å²) >= 11 is 6.21. The molecule has 1 saturated heterocycles. The second-order valence-electron chi connectivity index (χ2n) is 9.85. The van der Waals surface area contributed by atoms with Crippen molar-refractivity contribution in [1.82, 2.24) is 9.78 Å². The minimum Gasteiger partial charge on any atom is -0.493 e. The first-order chi connectivity index (χ1) is 17.5. The second kappa shape index (κ2) is 11.1. The zero-order chi connectivity index (χ0) is 26.7. The fourth-order valence-corrected chi connectivity index (χ4v) is 5.98. The molecule has 1 aromatic heterocycles. The Morgan fingerprint density at radius 2 is 1.78 bits per heavy atom. The number of halogens is 1. The zero-order valence-corrected chi connectivity index (χ0v) is 23.0. The van der Waals surface area contributed by atoms with E-state index in [0.717, 1.165) is 22.4 Å². The number of nitrogens with one attached hydrogen (secondary N) is 1. The Morgan fingerprint density at radius 3 is 2.38 bits per heavy atom. The van der Waals surface area contributed by atoms with Gasteiger partial charge in [-0.25, -0.2) is 13.1 Å². The number of anilines is 1. The first-order valence-electron chi connectivity index (χ1n) is 12.2. The molecule has 0 spiro atoms. The molecule has 1 aliphatic rings. The molecule has 8 nitrogen and oxygen atoms in total. The highest BCUT2D eigenvalue weighted by molar-refractivity contribution is 7.91. The molecule has 10 heteroatoms. The summed E-state index contributed by atoms with van der Waals surface area (Å²) in [5.74, 6) is 1.85. The number of aryl methyl sites for hydroxylation is 2. The Morgan fingerprint density at radius 1 is 1.11 bits per heavy atom. The van der Waals surface area contributed by atoms with Crippen LogP contribution in [0.4, 0.5) is 5.82 Å². The van der Waals surface area contributed by atoms with Gasteiger partial charge in [0.05, 0.1) is 29.8 Å². The van der Waals surface area contributed by atoms with Gasteiger partial charge in [0.15, 0.2) is 16.4 Å². The maximum Gasteiger partial charge on any atom is 0.263 e. The smallest absolute Gasteiger partial charge is 0.263 e. The lowest BCUT2D eigenvalue weighted by molar-refractivity contribution is -0.118. The Balaban J connectivity index is 1.52. The molecule has 37 heavy (non-hydrogen) atoms. The first-order valence-corrected chi connectivity index (χ1v) is 14.4. The van der Waals surface area contributed by atoms with Crippen LogP contribution in [0.3, 0.4) is 0 Å². The third-order valence-corrected chi connectivity index (χ3v) is 8.42. The SMILES string of the molecule is Cc1cc(OCC(=O)Nc2cc(-c3ccc(OCC(C)C)cc3)nn2[C@@H]2CCS(=O)(=O)C2)cc(C)c1Cl. The molecular formula is C27H32ClN3O5S. The number of carbonyl (C=O) groups is 1. The van der Waals surface area contributed by atoms with Crippen LogP contribution in [-0.2, 0) is 14.6 Å². The predicted molar refractivity (Wildman–Crippen MR) is 145 cm³/mol. The van der Waals surface area contributed by atoms with E-state index in [-0.39, 0.29) is 30.1 Å². The first kappa shape index (κ1) is 27.0. The minimum absolute atomic E-state index is 0.0151. The van der Waals surface area contributed by atoms with Crippen molar-refractivity contribution < 1.29 is 22.7 Å². The third kappa shape index (κ3) is 6.84. The van der Waals surface area contributed by atoms with Gasteiger partial charge < -0.3 is 14.8 Å². The van der Waals surface area contributed by atoms with E-state index < -0.39 is 9.84 Å². The van der Waals surface area contributed by atoms with Gasteiger partial charge in [-0.3, -0.25) is 4.79 Å². The molecule has 0 saturated carbocycles. The highest BCUT2D eigenvalue weighted by Gasteiger charge is 2.32. The lowest BCUT2D eigenvalue weighted by atomic mass is 10.1. The Kier molecular flexibility index (Phi) is 8.14. The Labute approximate surface area is 222 Å². The number of nitrogens with zero attached hydrogens (tertiary/aromatic N) is 2. The zero-order valence-electron chi connectivity index (χ0n) is 21.5. The van der Waals surface area contributed by atoms with Gasteiger partial charge in [-0.15, -0.1) is 0 Å². The van der Waals surface area contributed by atoms with Crippen molar-refractivity contribution >= 4 is 33.2 Å². The number of rotatable bonds is 9. The van der Waals surface area contributed by atoms with E-state index in [9.17, 15) is 13.2 Å². The van der Waals surface area contributed by atoms with Gasteiger partial charge >= 0.3 is 0 Å². The second-order valence-corrected chi connectivity index (χ2v) is 12.5. The molecule has 1 N–H and O–H groups in total. The van der Waals surface area contributed by atoms with Gasteiger partial charge in [0, 0.05) is 16.7 Å². The summed E-state index contributed by atoms with van der Waals surface area (Å²) in [5, 5.41) is 8.19. The number of aromatic nitrogens is 2. The van der Waals surface area contributed by atoms with Gasteiger partial charge in [-0.05, 0) is 73.7 Å². The number of benzene rings is 2.